The van der Waals surface area contributed by atoms with E-state index in [1.807, 2.05) is 30.3 Å². The Morgan fingerprint density at radius 3 is 2.71 bits per heavy atom. The number of aliphatic imine (C=N–C) groups is 1. The van der Waals surface area contributed by atoms with E-state index in [-0.39, 0.29) is 11.9 Å². The van der Waals surface area contributed by atoms with Crippen LogP contribution in [0.1, 0.15) is 29.7 Å². The number of benzene rings is 2. The van der Waals surface area contributed by atoms with Gasteiger partial charge in [-0.25, -0.2) is 9.38 Å². The summed E-state index contributed by atoms with van der Waals surface area (Å²) in [5.41, 5.74) is 1.80. The lowest BCUT2D eigenvalue weighted by atomic mass is 10.1. The zero-order chi connectivity index (χ0) is 14.7. The number of halogens is 1. The van der Waals surface area contributed by atoms with Crippen molar-refractivity contribution in [1.29, 1.82) is 0 Å². The summed E-state index contributed by atoms with van der Waals surface area (Å²) in [6, 6.07) is 14.9. The van der Waals surface area contributed by atoms with Gasteiger partial charge in [-0.05, 0) is 24.6 Å². The molecule has 0 unspecified atom stereocenters. The Labute approximate surface area is 123 Å². The van der Waals surface area contributed by atoms with Crippen LogP contribution in [0.3, 0.4) is 0 Å². The monoisotopic (exact) mass is 279 g/mol. The molecule has 0 bridgehead atoms. The molecule has 0 aromatic heterocycles. The summed E-state index contributed by atoms with van der Waals surface area (Å²) >= 11 is 0. The standard InChI is InChI=1S/C18H14FNO/c1-2-7-14-10-6-11-15(17(14)19)18-20-16(12-21-18)13-8-4-3-5-9-13/h3-6,8-11,16H,12H2,1H3/t16-/m0/s1. The molecule has 0 spiro atoms. The van der Waals surface area contributed by atoms with Crippen molar-refractivity contribution < 1.29 is 9.13 Å². The third kappa shape index (κ3) is 2.66. The summed E-state index contributed by atoms with van der Waals surface area (Å²) in [5.74, 6) is 5.43. The minimum Gasteiger partial charge on any atom is -0.475 e. The molecule has 0 saturated carbocycles. The Kier molecular flexibility index (Phi) is 3.70. The maximum Gasteiger partial charge on any atom is 0.219 e. The highest BCUT2D eigenvalue weighted by Crippen LogP contribution is 2.26. The second kappa shape index (κ2) is 5.80. The maximum absolute atomic E-state index is 14.4. The third-order valence-corrected chi connectivity index (χ3v) is 3.32. The Morgan fingerprint density at radius 1 is 1.14 bits per heavy atom. The number of nitrogens with zero attached hydrogens (tertiary/aromatic N) is 1. The molecule has 3 rings (SSSR count). The molecular weight excluding hydrogens is 265 g/mol. The first-order valence-electron chi connectivity index (χ1n) is 6.77. The average molecular weight is 279 g/mol. The smallest absolute Gasteiger partial charge is 0.219 e. The molecule has 3 heteroatoms. The molecule has 2 nitrogen and oxygen atoms in total. The van der Waals surface area contributed by atoms with Crippen LogP contribution >= 0.6 is 0 Å². The highest BCUT2D eigenvalue weighted by Gasteiger charge is 2.24. The third-order valence-electron chi connectivity index (χ3n) is 3.32. The van der Waals surface area contributed by atoms with E-state index in [1.165, 1.54) is 0 Å². The van der Waals surface area contributed by atoms with Gasteiger partial charge in [0.2, 0.25) is 5.90 Å². The van der Waals surface area contributed by atoms with Crippen LogP contribution in [0.15, 0.2) is 53.5 Å². The van der Waals surface area contributed by atoms with Gasteiger partial charge in [0.15, 0.2) is 5.82 Å². The summed E-state index contributed by atoms with van der Waals surface area (Å²) in [7, 11) is 0. The predicted octanol–water partition coefficient (Wildman–Crippen LogP) is 3.72. The number of hydrogen-bond donors (Lipinski definition) is 0. The summed E-state index contributed by atoms with van der Waals surface area (Å²) < 4.78 is 20.0. The van der Waals surface area contributed by atoms with Gasteiger partial charge in [0.1, 0.15) is 12.6 Å². The van der Waals surface area contributed by atoms with Crippen LogP contribution in [0, 0.1) is 17.7 Å². The van der Waals surface area contributed by atoms with Crippen LogP contribution in [-0.2, 0) is 4.74 Å². The molecule has 0 amide bonds. The second-order valence-electron chi connectivity index (χ2n) is 4.71. The summed E-state index contributed by atoms with van der Waals surface area (Å²) in [4.78, 5) is 4.50. The second-order valence-corrected chi connectivity index (χ2v) is 4.71. The van der Waals surface area contributed by atoms with E-state index in [9.17, 15) is 4.39 Å². The predicted molar refractivity (Wildman–Crippen MR) is 80.6 cm³/mol. The van der Waals surface area contributed by atoms with Crippen LogP contribution in [0.25, 0.3) is 0 Å². The molecule has 2 aromatic rings. The van der Waals surface area contributed by atoms with Crippen LogP contribution in [0.2, 0.25) is 0 Å². The van der Waals surface area contributed by atoms with Gasteiger partial charge in [-0.2, -0.15) is 0 Å². The van der Waals surface area contributed by atoms with E-state index >= 15 is 0 Å². The van der Waals surface area contributed by atoms with Gasteiger partial charge >= 0.3 is 0 Å². The van der Waals surface area contributed by atoms with Gasteiger partial charge in [0, 0.05) is 0 Å². The molecule has 0 fully saturated rings. The van der Waals surface area contributed by atoms with Crippen molar-refractivity contribution in [2.75, 3.05) is 6.61 Å². The highest BCUT2D eigenvalue weighted by atomic mass is 19.1. The minimum absolute atomic E-state index is 0.0819. The van der Waals surface area contributed by atoms with Gasteiger partial charge in [-0.1, -0.05) is 42.3 Å². The molecule has 21 heavy (non-hydrogen) atoms. The molecule has 0 N–H and O–H groups in total. The lowest BCUT2D eigenvalue weighted by Crippen LogP contribution is -2.05. The Morgan fingerprint density at radius 2 is 1.95 bits per heavy atom. The molecule has 2 aromatic carbocycles. The fourth-order valence-corrected chi connectivity index (χ4v) is 2.30. The first-order chi connectivity index (χ1) is 10.3. The average Bonchev–Trinajstić information content (AvgIpc) is 3.00. The van der Waals surface area contributed by atoms with E-state index in [0.717, 1.165) is 5.56 Å². The van der Waals surface area contributed by atoms with Gasteiger partial charge in [0.25, 0.3) is 0 Å². The Bertz CT molecular complexity index is 741. The largest absolute Gasteiger partial charge is 0.475 e. The zero-order valence-corrected chi connectivity index (χ0v) is 11.6. The topological polar surface area (TPSA) is 21.6 Å². The van der Waals surface area contributed by atoms with Crippen molar-refractivity contribution in [2.24, 2.45) is 4.99 Å². The van der Waals surface area contributed by atoms with E-state index in [4.69, 9.17) is 4.74 Å². The summed E-state index contributed by atoms with van der Waals surface area (Å²) in [5, 5.41) is 0. The maximum atomic E-state index is 14.4. The molecular formula is C18H14FNO. The van der Waals surface area contributed by atoms with Crippen LogP contribution < -0.4 is 0 Å². The normalized spacial score (nSPS) is 16.7. The van der Waals surface area contributed by atoms with Crippen LogP contribution in [0.4, 0.5) is 4.39 Å². The fraction of sp³-hybridized carbons (Fsp3) is 0.167. The van der Waals surface area contributed by atoms with E-state index < -0.39 is 0 Å². The zero-order valence-electron chi connectivity index (χ0n) is 11.6. The number of rotatable bonds is 2. The lowest BCUT2D eigenvalue weighted by molar-refractivity contribution is 0.318. The van der Waals surface area contributed by atoms with E-state index in [1.54, 1.807) is 25.1 Å². The summed E-state index contributed by atoms with van der Waals surface area (Å²) in [6.07, 6.45) is 0. The lowest BCUT2D eigenvalue weighted by Gasteiger charge is -2.04. The summed E-state index contributed by atoms with van der Waals surface area (Å²) in [6.45, 7) is 2.11. The fourth-order valence-electron chi connectivity index (χ4n) is 2.30. The Hall–Kier alpha value is -2.60. The quantitative estimate of drug-likeness (QED) is 0.768. The highest BCUT2D eigenvalue weighted by molar-refractivity contribution is 5.95. The van der Waals surface area contributed by atoms with E-state index in [2.05, 4.69) is 16.8 Å². The van der Waals surface area contributed by atoms with Crippen molar-refractivity contribution in [3.05, 3.63) is 71.0 Å². The molecule has 0 aliphatic carbocycles. The van der Waals surface area contributed by atoms with E-state index in [0.29, 0.717) is 23.6 Å². The van der Waals surface area contributed by atoms with Gasteiger partial charge < -0.3 is 4.74 Å². The molecule has 1 atom stereocenters. The van der Waals surface area contributed by atoms with Crippen LogP contribution in [-0.4, -0.2) is 12.5 Å². The Balaban J connectivity index is 1.95. The molecule has 1 heterocycles. The number of hydrogen-bond acceptors (Lipinski definition) is 2. The molecule has 0 saturated heterocycles. The SMILES string of the molecule is CC#Cc1cccc(C2=N[C@H](c3ccccc3)CO2)c1F. The minimum atomic E-state index is -0.376. The van der Waals surface area contributed by atoms with Crippen molar-refractivity contribution in [3.8, 4) is 11.8 Å². The molecule has 1 aliphatic heterocycles. The van der Waals surface area contributed by atoms with Gasteiger partial charge in [-0.3, -0.25) is 0 Å². The molecule has 104 valence electrons. The van der Waals surface area contributed by atoms with Crippen molar-refractivity contribution in [3.63, 3.8) is 0 Å². The van der Waals surface area contributed by atoms with Gasteiger partial charge in [-0.15, -0.1) is 5.92 Å². The molecule has 1 aliphatic rings. The first kappa shape index (κ1) is 13.4. The number of ether oxygens (including phenoxy) is 1. The van der Waals surface area contributed by atoms with Crippen molar-refractivity contribution >= 4 is 5.90 Å². The van der Waals surface area contributed by atoms with Gasteiger partial charge in [0.05, 0.1) is 11.1 Å². The first-order valence-corrected chi connectivity index (χ1v) is 6.77. The van der Waals surface area contributed by atoms with Crippen molar-refractivity contribution in [2.45, 2.75) is 13.0 Å². The van der Waals surface area contributed by atoms with Crippen molar-refractivity contribution in [1.82, 2.24) is 0 Å². The van der Waals surface area contributed by atoms with Crippen LogP contribution in [0.5, 0.6) is 0 Å². The molecule has 0 radical (unpaired) electrons.